The molecule has 1 aliphatic heterocycles. The minimum absolute atomic E-state index is 0.0813. The normalized spacial score (nSPS) is 16.8. The summed E-state index contributed by atoms with van der Waals surface area (Å²) in [4.78, 5) is 38.1. The SMILES string of the molecule is Cc1ccc(N2C(=O)CC(SCC(=O)Nc3cccc(Cl)c3)C2=O)cc1. The molecule has 1 fully saturated rings. The molecule has 2 aromatic rings. The highest BCUT2D eigenvalue weighted by Gasteiger charge is 2.39. The Labute approximate surface area is 160 Å². The number of hydrogen-bond acceptors (Lipinski definition) is 4. The van der Waals surface area contributed by atoms with Crippen molar-refractivity contribution in [1.82, 2.24) is 0 Å². The van der Waals surface area contributed by atoms with Crippen LogP contribution in [-0.2, 0) is 14.4 Å². The van der Waals surface area contributed by atoms with Gasteiger partial charge in [-0.2, -0.15) is 0 Å². The van der Waals surface area contributed by atoms with Crippen LogP contribution in [-0.4, -0.2) is 28.7 Å². The van der Waals surface area contributed by atoms with Crippen LogP contribution in [0, 0.1) is 6.92 Å². The minimum Gasteiger partial charge on any atom is -0.325 e. The Hall–Kier alpha value is -2.31. The Balaban J connectivity index is 1.59. The summed E-state index contributed by atoms with van der Waals surface area (Å²) in [6.07, 6.45) is 0.0990. The molecule has 0 aliphatic carbocycles. The average Bonchev–Trinajstić information content (AvgIpc) is 2.88. The van der Waals surface area contributed by atoms with Crippen molar-refractivity contribution in [3.8, 4) is 0 Å². The molecule has 7 heteroatoms. The fourth-order valence-electron chi connectivity index (χ4n) is 2.64. The molecule has 1 aliphatic rings. The Morgan fingerprint density at radius 1 is 1.23 bits per heavy atom. The third-order valence-electron chi connectivity index (χ3n) is 3.92. The molecule has 3 amide bonds. The van der Waals surface area contributed by atoms with E-state index in [1.54, 1.807) is 36.4 Å². The molecular formula is C19H17ClN2O3S. The molecule has 26 heavy (non-hydrogen) atoms. The predicted octanol–water partition coefficient (Wildman–Crippen LogP) is 3.65. The Morgan fingerprint density at radius 2 is 1.96 bits per heavy atom. The molecule has 0 bridgehead atoms. The van der Waals surface area contributed by atoms with Crippen molar-refractivity contribution in [2.75, 3.05) is 16.0 Å². The first-order valence-corrected chi connectivity index (χ1v) is 9.47. The molecule has 1 unspecified atom stereocenters. The van der Waals surface area contributed by atoms with Crippen LogP contribution in [0.4, 0.5) is 11.4 Å². The van der Waals surface area contributed by atoms with E-state index in [2.05, 4.69) is 5.32 Å². The van der Waals surface area contributed by atoms with E-state index in [0.29, 0.717) is 16.4 Å². The molecule has 2 aromatic carbocycles. The van der Waals surface area contributed by atoms with Gasteiger partial charge in [0, 0.05) is 17.1 Å². The lowest BCUT2D eigenvalue weighted by atomic mass is 10.2. The monoisotopic (exact) mass is 388 g/mol. The second kappa shape index (κ2) is 7.93. The van der Waals surface area contributed by atoms with E-state index in [0.717, 1.165) is 5.56 Å². The van der Waals surface area contributed by atoms with Gasteiger partial charge >= 0.3 is 0 Å². The third kappa shape index (κ3) is 4.26. The number of rotatable bonds is 5. The van der Waals surface area contributed by atoms with Crippen LogP contribution in [0.5, 0.6) is 0 Å². The van der Waals surface area contributed by atoms with Crippen molar-refractivity contribution < 1.29 is 14.4 Å². The number of thioether (sulfide) groups is 1. The molecule has 1 N–H and O–H groups in total. The highest BCUT2D eigenvalue weighted by Crippen LogP contribution is 2.30. The number of aryl methyl sites for hydroxylation is 1. The predicted molar refractivity (Wildman–Crippen MR) is 105 cm³/mol. The first kappa shape index (κ1) is 18.5. The standard InChI is InChI=1S/C19H17ClN2O3S/c1-12-5-7-15(8-6-12)22-18(24)10-16(19(22)25)26-11-17(23)21-14-4-2-3-13(20)9-14/h2-9,16H,10-11H2,1H3,(H,21,23). The van der Waals surface area contributed by atoms with Crippen molar-refractivity contribution in [1.29, 1.82) is 0 Å². The zero-order chi connectivity index (χ0) is 18.7. The van der Waals surface area contributed by atoms with E-state index < -0.39 is 5.25 Å². The highest BCUT2D eigenvalue weighted by molar-refractivity contribution is 8.01. The van der Waals surface area contributed by atoms with Crippen LogP contribution < -0.4 is 10.2 Å². The summed E-state index contributed by atoms with van der Waals surface area (Å²) in [6.45, 7) is 1.94. The zero-order valence-corrected chi connectivity index (χ0v) is 15.6. The molecule has 0 saturated carbocycles. The molecule has 1 saturated heterocycles. The summed E-state index contributed by atoms with van der Waals surface area (Å²) in [5.74, 6) is -0.685. The third-order valence-corrected chi connectivity index (χ3v) is 5.36. The summed E-state index contributed by atoms with van der Waals surface area (Å²) >= 11 is 7.06. The lowest BCUT2D eigenvalue weighted by Gasteiger charge is -2.15. The van der Waals surface area contributed by atoms with E-state index in [9.17, 15) is 14.4 Å². The number of benzene rings is 2. The van der Waals surface area contributed by atoms with Crippen LogP contribution in [0.2, 0.25) is 5.02 Å². The fraction of sp³-hybridized carbons (Fsp3) is 0.211. The lowest BCUT2D eigenvalue weighted by Crippen LogP contribution is -2.31. The maximum absolute atomic E-state index is 12.6. The first-order chi connectivity index (χ1) is 12.4. The first-order valence-electron chi connectivity index (χ1n) is 8.04. The van der Waals surface area contributed by atoms with Gasteiger partial charge in [0.1, 0.15) is 0 Å². The summed E-state index contributed by atoms with van der Waals surface area (Å²) in [7, 11) is 0. The van der Waals surface area contributed by atoms with E-state index in [1.165, 1.54) is 16.7 Å². The largest absolute Gasteiger partial charge is 0.325 e. The lowest BCUT2D eigenvalue weighted by molar-refractivity contribution is -0.121. The van der Waals surface area contributed by atoms with Crippen LogP contribution >= 0.6 is 23.4 Å². The smallest absolute Gasteiger partial charge is 0.247 e. The molecule has 0 spiro atoms. The second-order valence-corrected chi connectivity index (χ2v) is 7.59. The summed E-state index contributed by atoms with van der Waals surface area (Å²) in [6, 6.07) is 14.1. The maximum atomic E-state index is 12.6. The van der Waals surface area contributed by atoms with Gasteiger partial charge in [-0.25, -0.2) is 4.90 Å². The molecule has 0 radical (unpaired) electrons. The van der Waals surface area contributed by atoms with Gasteiger partial charge < -0.3 is 5.32 Å². The number of carbonyl (C=O) groups excluding carboxylic acids is 3. The molecule has 0 aromatic heterocycles. The summed E-state index contributed by atoms with van der Waals surface area (Å²) < 4.78 is 0. The molecule has 134 valence electrons. The second-order valence-electron chi connectivity index (χ2n) is 5.97. The molecular weight excluding hydrogens is 372 g/mol. The van der Waals surface area contributed by atoms with Crippen molar-refractivity contribution in [3.63, 3.8) is 0 Å². The number of carbonyl (C=O) groups is 3. The average molecular weight is 389 g/mol. The van der Waals surface area contributed by atoms with E-state index in [-0.39, 0.29) is 29.9 Å². The number of halogens is 1. The highest BCUT2D eigenvalue weighted by atomic mass is 35.5. The van der Waals surface area contributed by atoms with Gasteiger partial charge in [-0.15, -0.1) is 11.8 Å². The number of hydrogen-bond donors (Lipinski definition) is 1. The van der Waals surface area contributed by atoms with Crippen LogP contribution in [0.3, 0.4) is 0 Å². The zero-order valence-electron chi connectivity index (χ0n) is 14.1. The quantitative estimate of drug-likeness (QED) is 0.794. The Bertz CT molecular complexity index is 854. The van der Waals surface area contributed by atoms with Gasteiger partial charge in [0.25, 0.3) is 0 Å². The number of imide groups is 1. The van der Waals surface area contributed by atoms with Crippen molar-refractivity contribution in [2.24, 2.45) is 0 Å². The van der Waals surface area contributed by atoms with Gasteiger partial charge in [0.2, 0.25) is 17.7 Å². The number of nitrogens with one attached hydrogen (secondary N) is 1. The molecule has 5 nitrogen and oxygen atoms in total. The van der Waals surface area contributed by atoms with Gasteiger partial charge in [-0.05, 0) is 37.3 Å². The van der Waals surface area contributed by atoms with Crippen LogP contribution in [0.25, 0.3) is 0 Å². The molecule has 1 heterocycles. The topological polar surface area (TPSA) is 66.5 Å². The Morgan fingerprint density at radius 3 is 2.65 bits per heavy atom. The minimum atomic E-state index is -0.547. The number of anilines is 2. The van der Waals surface area contributed by atoms with E-state index in [4.69, 9.17) is 11.6 Å². The number of nitrogens with zero attached hydrogens (tertiary/aromatic N) is 1. The van der Waals surface area contributed by atoms with Crippen LogP contribution in [0.15, 0.2) is 48.5 Å². The maximum Gasteiger partial charge on any atom is 0.247 e. The number of amides is 3. The van der Waals surface area contributed by atoms with Gasteiger partial charge in [0.15, 0.2) is 0 Å². The Kier molecular flexibility index (Phi) is 5.64. The van der Waals surface area contributed by atoms with Gasteiger partial charge in [-0.3, -0.25) is 14.4 Å². The fourth-order valence-corrected chi connectivity index (χ4v) is 3.76. The van der Waals surface area contributed by atoms with Crippen molar-refractivity contribution >= 4 is 52.5 Å². The molecule has 1 atom stereocenters. The van der Waals surface area contributed by atoms with Gasteiger partial charge in [-0.1, -0.05) is 35.4 Å². The summed E-state index contributed by atoms with van der Waals surface area (Å²) in [5, 5.41) is 2.71. The van der Waals surface area contributed by atoms with Gasteiger partial charge in [0.05, 0.1) is 16.7 Å². The van der Waals surface area contributed by atoms with Crippen LogP contribution in [0.1, 0.15) is 12.0 Å². The van der Waals surface area contributed by atoms with Crippen molar-refractivity contribution in [2.45, 2.75) is 18.6 Å². The van der Waals surface area contributed by atoms with E-state index >= 15 is 0 Å². The molecule has 3 rings (SSSR count). The summed E-state index contributed by atoms with van der Waals surface area (Å²) in [5.41, 5.74) is 2.21. The van der Waals surface area contributed by atoms with Crippen molar-refractivity contribution in [3.05, 3.63) is 59.1 Å². The van der Waals surface area contributed by atoms with E-state index in [1.807, 2.05) is 19.1 Å².